The van der Waals surface area contributed by atoms with Gasteiger partial charge in [-0.3, -0.25) is 14.5 Å². The molecule has 256 valence electrons. The van der Waals surface area contributed by atoms with Crippen LogP contribution in [0, 0.1) is 5.92 Å². The molecule has 2 aliphatic rings. The summed E-state index contributed by atoms with van der Waals surface area (Å²) in [6.45, 7) is 8.40. The van der Waals surface area contributed by atoms with Gasteiger partial charge in [-0.15, -0.1) is 0 Å². The summed E-state index contributed by atoms with van der Waals surface area (Å²) in [6, 6.07) is 25.1. The number of imide groups is 1. The van der Waals surface area contributed by atoms with Gasteiger partial charge in [-0.2, -0.15) is 0 Å². The summed E-state index contributed by atoms with van der Waals surface area (Å²) in [5.41, 5.74) is 6.76. The van der Waals surface area contributed by atoms with E-state index in [4.69, 9.17) is 0 Å². The Morgan fingerprint density at radius 2 is 1.04 bits per heavy atom. The number of unbranched alkanes of at least 4 members (excludes halogenated alkanes) is 3. The maximum atomic E-state index is 12.7. The number of halogens is 2. The van der Waals surface area contributed by atoms with Gasteiger partial charge in [0.05, 0.1) is 65.5 Å². The average molecular weight is 771 g/mol. The molecule has 47 heavy (non-hydrogen) atoms. The predicted octanol–water partition coefficient (Wildman–Crippen LogP) is 0.967. The fourth-order valence-corrected chi connectivity index (χ4v) is 7.52. The topological polar surface area (TPSA) is 40.6 Å². The highest BCUT2D eigenvalue weighted by Crippen LogP contribution is 2.36. The van der Waals surface area contributed by atoms with Crippen molar-refractivity contribution < 1.29 is 52.5 Å². The van der Waals surface area contributed by atoms with Gasteiger partial charge in [0.25, 0.3) is 11.8 Å². The largest absolute Gasteiger partial charge is 1.00 e. The number of para-hydroxylation sites is 2. The fraction of sp³-hybridized carbons (Fsp3) is 0.487. The van der Waals surface area contributed by atoms with Crippen molar-refractivity contribution in [2.75, 3.05) is 72.4 Å². The molecule has 1 unspecified atom stereocenters. The van der Waals surface area contributed by atoms with Crippen LogP contribution in [0.5, 0.6) is 0 Å². The molecule has 0 spiro atoms. The molecule has 2 aliphatic heterocycles. The highest BCUT2D eigenvalue weighted by atomic mass is 79.9. The first-order valence-electron chi connectivity index (χ1n) is 17.1. The van der Waals surface area contributed by atoms with E-state index in [2.05, 4.69) is 88.5 Å². The Morgan fingerprint density at radius 1 is 0.596 bits per heavy atom. The molecular weight excluding hydrogens is 716 g/mol. The van der Waals surface area contributed by atoms with Gasteiger partial charge in [0.2, 0.25) is 0 Å². The van der Waals surface area contributed by atoms with Crippen molar-refractivity contribution in [3.8, 4) is 0 Å². The van der Waals surface area contributed by atoms with Crippen LogP contribution in [0.3, 0.4) is 0 Å². The normalized spacial score (nSPS) is 14.8. The first-order valence-corrected chi connectivity index (χ1v) is 17.1. The van der Waals surface area contributed by atoms with Gasteiger partial charge in [0.1, 0.15) is 0 Å². The SMILES string of the molecule is CC(CN1c2ccccc2CCc2ccccc21)C[N+](C)(C)CCCCCC[N+](C)(C)CCCN1C(=O)c2ccccc2C1=O.[Br-].[Br-]. The van der Waals surface area contributed by atoms with Crippen LogP contribution in [0.4, 0.5) is 11.4 Å². The van der Waals surface area contributed by atoms with E-state index in [0.717, 1.165) is 54.4 Å². The maximum absolute atomic E-state index is 12.7. The summed E-state index contributed by atoms with van der Waals surface area (Å²) >= 11 is 0. The van der Waals surface area contributed by atoms with Gasteiger partial charge < -0.3 is 47.8 Å². The number of amides is 2. The Balaban J connectivity index is 0.00000300. The van der Waals surface area contributed by atoms with Crippen LogP contribution >= 0.6 is 0 Å². The van der Waals surface area contributed by atoms with Crippen molar-refractivity contribution >= 4 is 23.2 Å². The lowest BCUT2D eigenvalue weighted by Crippen LogP contribution is -3.00. The molecule has 1 atom stereocenters. The monoisotopic (exact) mass is 768 g/mol. The molecule has 0 fully saturated rings. The van der Waals surface area contributed by atoms with E-state index in [1.54, 1.807) is 12.1 Å². The van der Waals surface area contributed by atoms with Crippen molar-refractivity contribution in [1.29, 1.82) is 0 Å². The van der Waals surface area contributed by atoms with Crippen LogP contribution in [-0.4, -0.2) is 93.1 Å². The van der Waals surface area contributed by atoms with Crippen LogP contribution in [-0.2, 0) is 12.8 Å². The summed E-state index contributed by atoms with van der Waals surface area (Å²) in [4.78, 5) is 29.3. The summed E-state index contributed by atoms with van der Waals surface area (Å²) in [6.07, 6.45) is 8.00. The number of carbonyl (C=O) groups excluding carboxylic acids is 2. The lowest BCUT2D eigenvalue weighted by molar-refractivity contribution is -0.893. The van der Waals surface area contributed by atoms with Crippen molar-refractivity contribution in [1.82, 2.24) is 4.90 Å². The number of carbonyl (C=O) groups is 2. The number of fused-ring (bicyclic) bond motifs is 3. The molecule has 3 aromatic carbocycles. The van der Waals surface area contributed by atoms with Crippen LogP contribution in [0.2, 0.25) is 0 Å². The average Bonchev–Trinajstić information content (AvgIpc) is 3.15. The molecule has 0 N–H and O–H groups in total. The van der Waals surface area contributed by atoms with Gasteiger partial charge >= 0.3 is 0 Å². The smallest absolute Gasteiger partial charge is 0.261 e. The predicted molar refractivity (Wildman–Crippen MR) is 185 cm³/mol. The highest BCUT2D eigenvalue weighted by Gasteiger charge is 2.35. The quantitative estimate of drug-likeness (QED) is 0.132. The summed E-state index contributed by atoms with van der Waals surface area (Å²) < 4.78 is 1.97. The van der Waals surface area contributed by atoms with Gasteiger partial charge in [0, 0.05) is 36.8 Å². The number of anilines is 2. The van der Waals surface area contributed by atoms with Gasteiger partial charge in [-0.25, -0.2) is 0 Å². The second-order valence-electron chi connectivity index (χ2n) is 14.8. The number of aryl methyl sites for hydroxylation is 2. The molecule has 8 heteroatoms. The van der Waals surface area contributed by atoms with E-state index >= 15 is 0 Å². The van der Waals surface area contributed by atoms with Crippen molar-refractivity contribution in [2.24, 2.45) is 5.92 Å². The lowest BCUT2D eigenvalue weighted by Gasteiger charge is -2.35. The third kappa shape index (κ3) is 10.0. The van der Waals surface area contributed by atoms with E-state index < -0.39 is 0 Å². The Hall–Kier alpha value is -2.52. The van der Waals surface area contributed by atoms with Crippen LogP contribution in [0.1, 0.15) is 70.9 Å². The molecule has 2 amide bonds. The molecule has 0 saturated heterocycles. The van der Waals surface area contributed by atoms with Gasteiger partial charge in [-0.05, 0) is 73.9 Å². The van der Waals surface area contributed by atoms with Gasteiger partial charge in [-0.1, -0.05) is 55.5 Å². The first-order chi connectivity index (χ1) is 21.5. The van der Waals surface area contributed by atoms with E-state index in [1.165, 1.54) is 59.6 Å². The van der Waals surface area contributed by atoms with Crippen LogP contribution in [0.15, 0.2) is 72.8 Å². The van der Waals surface area contributed by atoms with E-state index in [1.807, 2.05) is 12.1 Å². The maximum Gasteiger partial charge on any atom is 0.261 e. The molecule has 0 radical (unpaired) electrons. The molecule has 3 aromatic rings. The highest BCUT2D eigenvalue weighted by molar-refractivity contribution is 6.21. The summed E-state index contributed by atoms with van der Waals surface area (Å²) in [5, 5.41) is 0. The zero-order valence-electron chi connectivity index (χ0n) is 29.1. The molecule has 6 nitrogen and oxygen atoms in total. The first kappa shape index (κ1) is 38.9. The molecule has 5 rings (SSSR count). The fourth-order valence-electron chi connectivity index (χ4n) is 7.52. The Bertz CT molecular complexity index is 1410. The summed E-state index contributed by atoms with van der Waals surface area (Å²) in [5.74, 6) is 0.279. The number of benzene rings is 3. The molecular formula is C39H54Br2N4O2. The Kier molecular flexibility index (Phi) is 14.3. The van der Waals surface area contributed by atoms with Gasteiger partial charge in [0.15, 0.2) is 0 Å². The minimum atomic E-state index is -0.144. The Labute approximate surface area is 304 Å². The Morgan fingerprint density at radius 3 is 1.57 bits per heavy atom. The van der Waals surface area contributed by atoms with Crippen LogP contribution in [0.25, 0.3) is 0 Å². The molecule has 0 bridgehead atoms. The molecule has 0 saturated carbocycles. The standard InChI is InChI=1S/C39H54N4O2.2BrH/c1-31(29-41-36-21-12-8-17-32(36)23-24-33-18-9-13-22-37(33)41)30-43(4,5)27-15-7-6-14-26-42(2,3)28-16-25-40-38(44)34-19-10-11-20-35(34)39(40)45;;/h8-13,17-22,31H,6-7,14-16,23-30H2,1-5H3;2*1H/q+2;;/p-2. The van der Waals surface area contributed by atoms with E-state index in [0.29, 0.717) is 23.6 Å². The molecule has 0 aliphatic carbocycles. The number of rotatable bonds is 15. The second-order valence-corrected chi connectivity index (χ2v) is 14.8. The number of quaternary nitrogens is 2. The second kappa shape index (κ2) is 17.2. The number of hydrogen-bond donors (Lipinski definition) is 0. The third-order valence-corrected chi connectivity index (χ3v) is 9.83. The number of nitrogens with zero attached hydrogens (tertiary/aromatic N) is 4. The van der Waals surface area contributed by atoms with Crippen molar-refractivity contribution in [3.05, 3.63) is 95.1 Å². The number of hydrogen-bond acceptors (Lipinski definition) is 3. The minimum absolute atomic E-state index is 0. The minimum Gasteiger partial charge on any atom is -1.00 e. The van der Waals surface area contributed by atoms with Crippen LogP contribution < -0.4 is 38.9 Å². The summed E-state index contributed by atoms with van der Waals surface area (Å²) in [7, 11) is 9.33. The van der Waals surface area contributed by atoms with E-state index in [9.17, 15) is 9.59 Å². The molecule has 0 aromatic heterocycles. The van der Waals surface area contributed by atoms with Crippen molar-refractivity contribution in [3.63, 3.8) is 0 Å². The van der Waals surface area contributed by atoms with Crippen molar-refractivity contribution in [2.45, 2.75) is 51.9 Å². The third-order valence-electron chi connectivity index (χ3n) is 9.83. The zero-order valence-corrected chi connectivity index (χ0v) is 32.2. The van der Waals surface area contributed by atoms with E-state index in [-0.39, 0.29) is 45.8 Å². The zero-order chi connectivity index (χ0) is 32.0. The lowest BCUT2D eigenvalue weighted by atomic mass is 10.0. The molecule has 2 heterocycles.